The minimum Gasteiger partial charge on any atom is -0.309 e. The number of hydrogen-bond donors (Lipinski definition) is 1. The van der Waals surface area contributed by atoms with E-state index in [1.54, 1.807) is 0 Å². The molecule has 0 rings (SSSR count). The highest BCUT2D eigenvalue weighted by atomic mass is 79.9. The Morgan fingerprint density at radius 2 is 2.00 bits per heavy atom. The van der Waals surface area contributed by atoms with Gasteiger partial charge in [0.1, 0.15) is 0 Å². The predicted octanol–water partition coefficient (Wildman–Crippen LogP) is 2.53. The summed E-state index contributed by atoms with van der Waals surface area (Å²) in [5.74, 6) is 0.687. The van der Waals surface area contributed by atoms with Crippen LogP contribution in [0.4, 0.5) is 0 Å². The third-order valence-corrected chi connectivity index (χ3v) is 1.90. The van der Waals surface area contributed by atoms with E-state index in [1.165, 1.54) is 0 Å². The summed E-state index contributed by atoms with van der Waals surface area (Å²) < 4.78 is 1.01. The number of halogens is 1. The maximum Gasteiger partial charge on any atom is 0.0268 e. The van der Waals surface area contributed by atoms with Gasteiger partial charge in [0.05, 0.1) is 0 Å². The fourth-order valence-corrected chi connectivity index (χ4v) is 0.669. The van der Waals surface area contributed by atoms with Crippen molar-refractivity contribution in [3.8, 4) is 0 Å². The number of rotatable bonds is 4. The van der Waals surface area contributed by atoms with Crippen LogP contribution in [0.5, 0.6) is 0 Å². The first-order valence-electron chi connectivity index (χ1n) is 3.60. The Morgan fingerprint density at radius 3 is 2.30 bits per heavy atom. The summed E-state index contributed by atoms with van der Waals surface area (Å²) in [6, 6.07) is 0.564. The van der Waals surface area contributed by atoms with Crippen LogP contribution >= 0.6 is 15.9 Å². The summed E-state index contributed by atoms with van der Waals surface area (Å²) in [5, 5.41) is 3.34. The smallest absolute Gasteiger partial charge is 0.0268 e. The van der Waals surface area contributed by atoms with Crippen LogP contribution in [0.25, 0.3) is 0 Å². The lowest BCUT2D eigenvalue weighted by atomic mass is 10.1. The van der Waals surface area contributed by atoms with E-state index < -0.39 is 0 Å². The van der Waals surface area contributed by atoms with Gasteiger partial charge < -0.3 is 5.32 Å². The molecule has 0 bridgehead atoms. The molecule has 0 aliphatic carbocycles. The van der Waals surface area contributed by atoms with Crippen LogP contribution in [0.15, 0.2) is 11.1 Å². The Balaban J connectivity index is 3.39. The highest BCUT2D eigenvalue weighted by molar-refractivity contribution is 9.11. The second-order valence-corrected chi connectivity index (χ2v) is 4.05. The molecule has 0 aliphatic rings. The van der Waals surface area contributed by atoms with Crippen LogP contribution in [0, 0.1) is 5.92 Å². The standard InChI is InChI=1S/C8H16BrN/c1-6(2)8(4)10-5-7(3)9/h6,8,10H,3,5H2,1-2,4H3. The second-order valence-electron chi connectivity index (χ2n) is 2.93. The summed E-state index contributed by atoms with van der Waals surface area (Å²) in [5.41, 5.74) is 0. The van der Waals surface area contributed by atoms with Gasteiger partial charge in [0.2, 0.25) is 0 Å². The van der Waals surface area contributed by atoms with Crippen molar-refractivity contribution in [2.75, 3.05) is 6.54 Å². The van der Waals surface area contributed by atoms with Crippen LogP contribution in [0.3, 0.4) is 0 Å². The molecular formula is C8H16BrN. The summed E-state index contributed by atoms with van der Waals surface area (Å²) in [6.45, 7) is 11.2. The molecule has 1 N–H and O–H groups in total. The van der Waals surface area contributed by atoms with Crippen LogP contribution < -0.4 is 5.32 Å². The van der Waals surface area contributed by atoms with Gasteiger partial charge in [0, 0.05) is 17.1 Å². The Bertz CT molecular complexity index is 110. The van der Waals surface area contributed by atoms with E-state index in [4.69, 9.17) is 0 Å². The molecule has 1 nitrogen and oxygen atoms in total. The Hall–Kier alpha value is 0.180. The molecule has 0 saturated carbocycles. The van der Waals surface area contributed by atoms with E-state index in [0.717, 1.165) is 11.0 Å². The van der Waals surface area contributed by atoms with Gasteiger partial charge >= 0.3 is 0 Å². The third kappa shape index (κ3) is 5.00. The van der Waals surface area contributed by atoms with E-state index in [9.17, 15) is 0 Å². The highest BCUT2D eigenvalue weighted by Gasteiger charge is 2.04. The molecule has 0 radical (unpaired) electrons. The molecule has 1 atom stereocenters. The van der Waals surface area contributed by atoms with Crippen LogP contribution in [0.2, 0.25) is 0 Å². The lowest BCUT2D eigenvalue weighted by Crippen LogP contribution is -2.31. The van der Waals surface area contributed by atoms with E-state index >= 15 is 0 Å². The minimum absolute atomic E-state index is 0.564. The van der Waals surface area contributed by atoms with Crippen LogP contribution in [-0.2, 0) is 0 Å². The van der Waals surface area contributed by atoms with Gasteiger partial charge in [-0.2, -0.15) is 0 Å². The summed E-state index contributed by atoms with van der Waals surface area (Å²) >= 11 is 3.30. The molecule has 0 aromatic heterocycles. The molecule has 0 amide bonds. The largest absolute Gasteiger partial charge is 0.309 e. The molecule has 10 heavy (non-hydrogen) atoms. The van der Waals surface area contributed by atoms with Crippen molar-refractivity contribution in [3.63, 3.8) is 0 Å². The lowest BCUT2D eigenvalue weighted by Gasteiger charge is -2.16. The van der Waals surface area contributed by atoms with Gasteiger partial charge in [-0.25, -0.2) is 0 Å². The zero-order chi connectivity index (χ0) is 8.15. The second kappa shape index (κ2) is 4.91. The van der Waals surface area contributed by atoms with Crippen LogP contribution in [0.1, 0.15) is 20.8 Å². The van der Waals surface area contributed by atoms with Gasteiger partial charge in [0.15, 0.2) is 0 Å². The first-order chi connectivity index (χ1) is 4.54. The molecule has 0 heterocycles. The van der Waals surface area contributed by atoms with Gasteiger partial charge in [0.25, 0.3) is 0 Å². The lowest BCUT2D eigenvalue weighted by molar-refractivity contribution is 0.444. The molecular weight excluding hydrogens is 190 g/mol. The van der Waals surface area contributed by atoms with E-state index in [1.807, 2.05) is 0 Å². The van der Waals surface area contributed by atoms with Crippen molar-refractivity contribution in [2.45, 2.75) is 26.8 Å². The van der Waals surface area contributed by atoms with Crippen LogP contribution in [-0.4, -0.2) is 12.6 Å². The summed E-state index contributed by atoms with van der Waals surface area (Å²) in [4.78, 5) is 0. The molecule has 0 saturated heterocycles. The molecule has 0 aromatic rings. The Morgan fingerprint density at radius 1 is 1.50 bits per heavy atom. The SMILES string of the molecule is C=C(Br)CNC(C)C(C)C. The third-order valence-electron chi connectivity index (χ3n) is 1.62. The highest BCUT2D eigenvalue weighted by Crippen LogP contribution is 2.02. The molecule has 0 fully saturated rings. The van der Waals surface area contributed by atoms with Gasteiger partial charge in [-0.3, -0.25) is 0 Å². The first-order valence-corrected chi connectivity index (χ1v) is 4.40. The maximum absolute atomic E-state index is 3.74. The molecule has 0 spiro atoms. The Kier molecular flexibility index (Phi) is 5.00. The van der Waals surface area contributed by atoms with Gasteiger partial charge in [-0.15, -0.1) is 0 Å². The first kappa shape index (κ1) is 10.2. The van der Waals surface area contributed by atoms with Crippen molar-refractivity contribution in [2.24, 2.45) is 5.92 Å². The summed E-state index contributed by atoms with van der Waals surface area (Å²) in [7, 11) is 0. The quantitative estimate of drug-likeness (QED) is 0.745. The average molecular weight is 206 g/mol. The maximum atomic E-state index is 3.74. The number of hydrogen-bond acceptors (Lipinski definition) is 1. The van der Waals surface area contributed by atoms with Crippen molar-refractivity contribution in [3.05, 3.63) is 11.1 Å². The molecule has 1 unspecified atom stereocenters. The van der Waals surface area contributed by atoms with E-state index in [-0.39, 0.29) is 0 Å². The van der Waals surface area contributed by atoms with E-state index in [0.29, 0.717) is 12.0 Å². The van der Waals surface area contributed by atoms with Crippen molar-refractivity contribution >= 4 is 15.9 Å². The predicted molar refractivity (Wildman–Crippen MR) is 50.4 cm³/mol. The Labute approximate surface area is 72.0 Å². The molecule has 2 heteroatoms. The topological polar surface area (TPSA) is 12.0 Å². The van der Waals surface area contributed by atoms with Gasteiger partial charge in [-0.1, -0.05) is 36.4 Å². The van der Waals surface area contributed by atoms with Crippen molar-refractivity contribution < 1.29 is 0 Å². The molecule has 0 aliphatic heterocycles. The molecule has 60 valence electrons. The fraction of sp³-hybridized carbons (Fsp3) is 0.750. The van der Waals surface area contributed by atoms with Crippen molar-refractivity contribution in [1.82, 2.24) is 5.32 Å². The zero-order valence-electron chi connectivity index (χ0n) is 6.95. The average Bonchev–Trinajstić information content (AvgIpc) is 1.82. The van der Waals surface area contributed by atoms with E-state index in [2.05, 4.69) is 48.6 Å². The minimum atomic E-state index is 0.564. The normalized spacial score (nSPS) is 13.7. The van der Waals surface area contributed by atoms with Gasteiger partial charge in [-0.05, 0) is 12.8 Å². The monoisotopic (exact) mass is 205 g/mol. The fourth-order valence-electron chi connectivity index (χ4n) is 0.507. The molecule has 0 aromatic carbocycles. The van der Waals surface area contributed by atoms with Crippen molar-refractivity contribution in [1.29, 1.82) is 0 Å². The number of nitrogens with one attached hydrogen (secondary N) is 1. The zero-order valence-corrected chi connectivity index (χ0v) is 8.53. The summed E-state index contributed by atoms with van der Waals surface area (Å²) in [6.07, 6.45) is 0.